The molecule has 1 atom stereocenters. The van der Waals surface area contributed by atoms with Crippen molar-refractivity contribution in [2.45, 2.75) is 58.5 Å². The average Bonchev–Trinajstić information content (AvgIpc) is 2.92. The molecule has 0 saturated carbocycles. The first-order chi connectivity index (χ1) is 18.9. The predicted octanol–water partition coefficient (Wildman–Crippen LogP) is 5.22. The number of nitrogens with one attached hydrogen (secondary N) is 1. The number of halogens is 1. The molecule has 214 valence electrons. The summed E-state index contributed by atoms with van der Waals surface area (Å²) in [5, 5.41) is 2.90. The molecule has 2 amide bonds. The van der Waals surface area contributed by atoms with Crippen LogP contribution in [0, 0.1) is 25.6 Å². The molecule has 0 heterocycles. The van der Waals surface area contributed by atoms with Crippen LogP contribution in [-0.2, 0) is 26.2 Å². The van der Waals surface area contributed by atoms with E-state index < -0.39 is 34.3 Å². The highest BCUT2D eigenvalue weighted by molar-refractivity contribution is 7.92. The van der Waals surface area contributed by atoms with Crippen LogP contribution in [0.1, 0.15) is 43.9 Å². The molecule has 0 spiro atoms. The second kappa shape index (κ2) is 13.6. The lowest BCUT2D eigenvalue weighted by Crippen LogP contribution is -2.52. The molecule has 0 saturated heterocycles. The van der Waals surface area contributed by atoms with Gasteiger partial charge in [-0.2, -0.15) is 0 Å². The number of hydrogen-bond acceptors (Lipinski definition) is 4. The lowest BCUT2D eigenvalue weighted by atomic mass is 10.1. The van der Waals surface area contributed by atoms with Crippen molar-refractivity contribution in [1.29, 1.82) is 0 Å². The number of amides is 2. The summed E-state index contributed by atoms with van der Waals surface area (Å²) >= 11 is 0. The van der Waals surface area contributed by atoms with Gasteiger partial charge in [-0.05, 0) is 61.6 Å². The van der Waals surface area contributed by atoms with Crippen molar-refractivity contribution in [1.82, 2.24) is 10.2 Å². The topological polar surface area (TPSA) is 86.8 Å². The number of carbonyl (C=O) groups excluding carboxylic acids is 2. The van der Waals surface area contributed by atoms with Crippen LogP contribution in [0.25, 0.3) is 0 Å². The number of rotatable bonds is 12. The molecule has 7 nitrogen and oxygen atoms in total. The first kappa shape index (κ1) is 30.8. The Hall–Kier alpha value is -3.72. The van der Waals surface area contributed by atoms with Gasteiger partial charge >= 0.3 is 0 Å². The van der Waals surface area contributed by atoms with E-state index in [4.69, 9.17) is 0 Å². The van der Waals surface area contributed by atoms with Crippen LogP contribution in [0.15, 0.2) is 77.7 Å². The number of hydrogen-bond donors (Lipinski definition) is 1. The fourth-order valence-corrected chi connectivity index (χ4v) is 5.74. The third-order valence-electron chi connectivity index (χ3n) is 6.68. The van der Waals surface area contributed by atoms with Crippen LogP contribution in [-0.4, -0.2) is 44.3 Å². The number of sulfonamides is 1. The van der Waals surface area contributed by atoms with E-state index in [1.54, 1.807) is 19.1 Å². The van der Waals surface area contributed by atoms with Crippen molar-refractivity contribution in [3.63, 3.8) is 0 Å². The summed E-state index contributed by atoms with van der Waals surface area (Å²) in [6.07, 6.45) is 0.311. The Morgan fingerprint density at radius 1 is 0.925 bits per heavy atom. The molecule has 3 rings (SSSR count). The Morgan fingerprint density at radius 3 is 2.15 bits per heavy atom. The fraction of sp³-hybridized carbons (Fsp3) is 0.355. The molecule has 1 N–H and O–H groups in total. The first-order valence-corrected chi connectivity index (χ1v) is 14.8. The second-order valence-corrected chi connectivity index (χ2v) is 12.1. The van der Waals surface area contributed by atoms with Gasteiger partial charge in [0.25, 0.3) is 10.0 Å². The van der Waals surface area contributed by atoms with Gasteiger partial charge in [0.2, 0.25) is 11.8 Å². The third kappa shape index (κ3) is 7.47. The Morgan fingerprint density at radius 2 is 1.55 bits per heavy atom. The fourth-order valence-electron chi connectivity index (χ4n) is 4.32. The van der Waals surface area contributed by atoms with Crippen LogP contribution >= 0.6 is 0 Å². The highest BCUT2D eigenvalue weighted by Crippen LogP contribution is 2.27. The minimum absolute atomic E-state index is 0.0682. The lowest BCUT2D eigenvalue weighted by molar-refractivity contribution is -0.140. The maximum atomic E-state index is 15.0. The minimum Gasteiger partial charge on any atom is -0.354 e. The van der Waals surface area contributed by atoms with E-state index in [-0.39, 0.29) is 29.0 Å². The van der Waals surface area contributed by atoms with E-state index >= 15 is 4.39 Å². The molecule has 3 aromatic carbocycles. The normalized spacial score (nSPS) is 12.2. The van der Waals surface area contributed by atoms with Gasteiger partial charge in [-0.1, -0.05) is 74.9 Å². The summed E-state index contributed by atoms with van der Waals surface area (Å²) in [6.45, 7) is 9.32. The number of anilines is 1. The molecule has 3 aromatic rings. The first-order valence-electron chi connectivity index (χ1n) is 13.4. The Labute approximate surface area is 237 Å². The van der Waals surface area contributed by atoms with E-state index in [2.05, 4.69) is 5.32 Å². The quantitative estimate of drug-likeness (QED) is 0.325. The molecular weight excluding hydrogens is 529 g/mol. The van der Waals surface area contributed by atoms with Crippen LogP contribution < -0.4 is 9.62 Å². The van der Waals surface area contributed by atoms with Crippen molar-refractivity contribution in [3.05, 3.63) is 95.3 Å². The van der Waals surface area contributed by atoms with Crippen molar-refractivity contribution >= 4 is 27.5 Å². The predicted molar refractivity (Wildman–Crippen MR) is 156 cm³/mol. The monoisotopic (exact) mass is 567 g/mol. The van der Waals surface area contributed by atoms with Crippen LogP contribution in [0.5, 0.6) is 0 Å². The molecule has 0 aliphatic carbocycles. The number of carbonyl (C=O) groups is 2. The number of para-hydroxylation sites is 1. The van der Waals surface area contributed by atoms with E-state index in [1.165, 1.54) is 35.2 Å². The lowest BCUT2D eigenvalue weighted by Gasteiger charge is -2.33. The molecule has 0 aliphatic heterocycles. The van der Waals surface area contributed by atoms with Crippen molar-refractivity contribution in [3.8, 4) is 0 Å². The van der Waals surface area contributed by atoms with Gasteiger partial charge in [0.05, 0.1) is 10.6 Å². The molecule has 0 fully saturated rings. The zero-order valence-corrected chi connectivity index (χ0v) is 24.5. The van der Waals surface area contributed by atoms with E-state index in [9.17, 15) is 18.0 Å². The van der Waals surface area contributed by atoms with Gasteiger partial charge in [0, 0.05) is 13.1 Å². The molecule has 0 aliphatic rings. The molecular formula is C31H38FN3O4S. The van der Waals surface area contributed by atoms with Gasteiger partial charge < -0.3 is 10.2 Å². The average molecular weight is 568 g/mol. The summed E-state index contributed by atoms with van der Waals surface area (Å²) in [7, 11) is -4.33. The van der Waals surface area contributed by atoms with Gasteiger partial charge in [-0.25, -0.2) is 12.8 Å². The standard InChI is InChI=1S/C31H38FN3O4S/c1-6-28(31(37)33-19-22(2)3)34(20-25-12-8-7-11-24(25)5)30(36)21-35(29-14-10-9-13-27(29)32)40(38,39)26-17-15-23(4)16-18-26/h7-18,22,28H,6,19-21H2,1-5H3,(H,33,37)/t28-/m1/s1. The molecule has 0 bridgehead atoms. The second-order valence-electron chi connectivity index (χ2n) is 10.3. The molecule has 9 heteroatoms. The van der Waals surface area contributed by atoms with Crippen molar-refractivity contribution in [2.24, 2.45) is 5.92 Å². The van der Waals surface area contributed by atoms with Gasteiger partial charge in [0.1, 0.15) is 18.4 Å². The molecule has 0 aromatic heterocycles. The zero-order valence-electron chi connectivity index (χ0n) is 23.7. The van der Waals surface area contributed by atoms with Gasteiger partial charge in [-0.3, -0.25) is 13.9 Å². The number of benzene rings is 3. The SMILES string of the molecule is CC[C@H](C(=O)NCC(C)C)N(Cc1ccccc1C)C(=O)CN(c1ccccc1F)S(=O)(=O)c1ccc(C)cc1. The minimum atomic E-state index is -4.33. The van der Waals surface area contributed by atoms with Crippen LogP contribution in [0.2, 0.25) is 0 Å². The summed E-state index contributed by atoms with van der Waals surface area (Å²) in [4.78, 5) is 28.6. The Kier molecular flexibility index (Phi) is 10.5. The van der Waals surface area contributed by atoms with E-state index in [1.807, 2.05) is 52.0 Å². The maximum Gasteiger partial charge on any atom is 0.264 e. The van der Waals surface area contributed by atoms with Crippen LogP contribution in [0.4, 0.5) is 10.1 Å². The van der Waals surface area contributed by atoms with Gasteiger partial charge in [-0.15, -0.1) is 0 Å². The zero-order chi connectivity index (χ0) is 29.4. The Bertz CT molecular complexity index is 1420. The number of nitrogens with zero attached hydrogens (tertiary/aromatic N) is 2. The molecule has 40 heavy (non-hydrogen) atoms. The smallest absolute Gasteiger partial charge is 0.264 e. The Balaban J connectivity index is 2.07. The van der Waals surface area contributed by atoms with E-state index in [0.717, 1.165) is 27.1 Å². The summed E-state index contributed by atoms with van der Waals surface area (Å²) in [5.41, 5.74) is 2.36. The molecule has 0 radical (unpaired) electrons. The summed E-state index contributed by atoms with van der Waals surface area (Å²) < 4.78 is 43.5. The van der Waals surface area contributed by atoms with E-state index in [0.29, 0.717) is 13.0 Å². The summed E-state index contributed by atoms with van der Waals surface area (Å²) in [5.74, 6) is -1.51. The van der Waals surface area contributed by atoms with Crippen molar-refractivity contribution < 1.29 is 22.4 Å². The third-order valence-corrected chi connectivity index (χ3v) is 8.46. The van der Waals surface area contributed by atoms with Crippen molar-refractivity contribution in [2.75, 3.05) is 17.4 Å². The maximum absolute atomic E-state index is 15.0. The summed E-state index contributed by atoms with van der Waals surface area (Å²) in [6, 6.07) is 18.2. The highest BCUT2D eigenvalue weighted by Gasteiger charge is 2.34. The number of aryl methyl sites for hydroxylation is 2. The van der Waals surface area contributed by atoms with Gasteiger partial charge in [0.15, 0.2) is 0 Å². The molecule has 0 unspecified atom stereocenters. The highest BCUT2D eigenvalue weighted by atomic mass is 32.2. The largest absolute Gasteiger partial charge is 0.354 e. The van der Waals surface area contributed by atoms with Crippen LogP contribution in [0.3, 0.4) is 0 Å².